The molecule has 1 aromatic carbocycles. The van der Waals surface area contributed by atoms with Crippen molar-refractivity contribution in [2.45, 2.75) is 18.9 Å². The fraction of sp³-hybridized carbons (Fsp3) is 0.438. The first kappa shape index (κ1) is 19.4. The van der Waals surface area contributed by atoms with Gasteiger partial charge in [0.25, 0.3) is 0 Å². The molecule has 8 nitrogen and oxygen atoms in total. The number of nitrogens with zero attached hydrogens (tertiary/aromatic N) is 2. The predicted octanol–water partition coefficient (Wildman–Crippen LogP) is 0.518. The van der Waals surface area contributed by atoms with Crippen LogP contribution in [-0.2, 0) is 6.42 Å². The minimum Gasteiger partial charge on any atom is -0.508 e. The van der Waals surface area contributed by atoms with Crippen molar-refractivity contribution in [2.24, 2.45) is 10.9 Å². The van der Waals surface area contributed by atoms with Gasteiger partial charge in [-0.1, -0.05) is 12.1 Å². The third kappa shape index (κ3) is 7.10. The maximum atomic E-state index is 11.8. The van der Waals surface area contributed by atoms with E-state index in [4.69, 9.17) is 11.3 Å². The second-order valence-corrected chi connectivity index (χ2v) is 5.64. The Morgan fingerprint density at radius 2 is 2.04 bits per heavy atom. The molecule has 1 atom stereocenters. The van der Waals surface area contributed by atoms with E-state index in [-0.39, 0.29) is 17.8 Å². The lowest BCUT2D eigenvalue weighted by Crippen LogP contribution is -2.45. The summed E-state index contributed by atoms with van der Waals surface area (Å²) >= 11 is 0. The van der Waals surface area contributed by atoms with Gasteiger partial charge in [0.05, 0.1) is 5.71 Å². The van der Waals surface area contributed by atoms with Gasteiger partial charge in [0.15, 0.2) is 0 Å². The van der Waals surface area contributed by atoms with Gasteiger partial charge >= 0.3 is 6.03 Å². The van der Waals surface area contributed by atoms with Gasteiger partial charge in [-0.2, -0.15) is 5.10 Å². The van der Waals surface area contributed by atoms with E-state index in [2.05, 4.69) is 15.7 Å². The zero-order chi connectivity index (χ0) is 17.9. The number of hydrogen-bond acceptors (Lipinski definition) is 6. The molecule has 0 aliphatic heterocycles. The number of urea groups is 1. The smallest absolute Gasteiger partial charge is 0.314 e. The normalized spacial score (nSPS) is 12.7. The van der Waals surface area contributed by atoms with Gasteiger partial charge in [0, 0.05) is 31.8 Å². The fourth-order valence-electron chi connectivity index (χ4n) is 2.09. The molecule has 0 fully saturated rings. The molecule has 1 rings (SSSR count). The van der Waals surface area contributed by atoms with Crippen LogP contribution in [0, 0.1) is 5.41 Å². The summed E-state index contributed by atoms with van der Waals surface area (Å²) in [5.41, 5.74) is 1.51. The Bertz CT molecular complexity index is 556. The molecule has 0 aliphatic rings. The second-order valence-electron chi connectivity index (χ2n) is 5.64. The fourth-order valence-corrected chi connectivity index (χ4v) is 2.09. The number of rotatable bonds is 9. The van der Waals surface area contributed by atoms with Crippen molar-refractivity contribution in [3.05, 3.63) is 29.8 Å². The number of nitrogens with two attached hydrogens (primary N) is 1. The zero-order valence-corrected chi connectivity index (χ0v) is 14.1. The van der Waals surface area contributed by atoms with Crippen LogP contribution in [0.1, 0.15) is 12.0 Å². The van der Waals surface area contributed by atoms with Crippen molar-refractivity contribution in [2.75, 3.05) is 27.2 Å². The van der Waals surface area contributed by atoms with Crippen LogP contribution in [0.25, 0.3) is 0 Å². The van der Waals surface area contributed by atoms with E-state index in [9.17, 15) is 9.90 Å². The summed E-state index contributed by atoms with van der Waals surface area (Å²) in [6.45, 7) is 0.851. The van der Waals surface area contributed by atoms with Gasteiger partial charge in [-0.05, 0) is 38.2 Å². The minimum absolute atomic E-state index is 0.128. The second kappa shape index (κ2) is 10.2. The zero-order valence-electron chi connectivity index (χ0n) is 14.1. The van der Waals surface area contributed by atoms with Gasteiger partial charge in [-0.25, -0.2) is 4.79 Å². The van der Waals surface area contributed by atoms with Gasteiger partial charge in [-0.15, -0.1) is 0 Å². The van der Waals surface area contributed by atoms with E-state index < -0.39 is 0 Å². The highest BCUT2D eigenvalue weighted by Crippen LogP contribution is 2.12. The lowest BCUT2D eigenvalue weighted by Gasteiger charge is -2.25. The van der Waals surface area contributed by atoms with Crippen molar-refractivity contribution in [1.82, 2.24) is 15.5 Å². The predicted molar refractivity (Wildman–Crippen MR) is 95.7 cm³/mol. The Kier molecular flexibility index (Phi) is 8.28. The number of amides is 2. The van der Waals surface area contributed by atoms with Crippen LogP contribution in [0.5, 0.6) is 5.75 Å². The Morgan fingerprint density at radius 3 is 2.58 bits per heavy atom. The molecule has 6 N–H and O–H groups in total. The molecule has 0 saturated heterocycles. The first-order valence-electron chi connectivity index (χ1n) is 7.69. The van der Waals surface area contributed by atoms with Gasteiger partial charge in [0.1, 0.15) is 5.75 Å². The summed E-state index contributed by atoms with van der Waals surface area (Å²) in [5, 5.41) is 25.4. The van der Waals surface area contributed by atoms with E-state index in [0.29, 0.717) is 25.2 Å². The summed E-state index contributed by atoms with van der Waals surface area (Å²) in [6.07, 6.45) is 2.24. The van der Waals surface area contributed by atoms with Crippen molar-refractivity contribution in [3.8, 4) is 5.75 Å². The number of hydrazone groups is 1. The van der Waals surface area contributed by atoms with Crippen molar-refractivity contribution >= 4 is 18.0 Å². The number of nitrogens with one attached hydrogen (secondary N) is 3. The van der Waals surface area contributed by atoms with Crippen LogP contribution in [-0.4, -0.2) is 61.2 Å². The largest absolute Gasteiger partial charge is 0.508 e. The Balaban J connectivity index is 2.41. The number of phenols is 1. The van der Waals surface area contributed by atoms with Crippen LogP contribution in [0.15, 0.2) is 29.4 Å². The molecule has 0 bridgehead atoms. The minimum atomic E-state index is -0.270. The lowest BCUT2D eigenvalue weighted by molar-refractivity contribution is 0.232. The molecular weight excluding hydrogens is 308 g/mol. The monoisotopic (exact) mass is 334 g/mol. The summed E-state index contributed by atoms with van der Waals surface area (Å²) in [6, 6.07) is 6.91. The molecule has 0 heterocycles. The molecule has 24 heavy (non-hydrogen) atoms. The van der Waals surface area contributed by atoms with Crippen LogP contribution in [0.3, 0.4) is 0 Å². The summed E-state index contributed by atoms with van der Waals surface area (Å²) < 4.78 is 0. The average Bonchev–Trinajstić information content (AvgIpc) is 2.57. The van der Waals surface area contributed by atoms with Gasteiger partial charge < -0.3 is 31.9 Å². The average molecular weight is 334 g/mol. The Morgan fingerprint density at radius 1 is 1.38 bits per heavy atom. The standard InChI is InChI=1S/C16H26N6O2/c1-22(2)14(9-12-3-5-15(23)6-4-12)11-20-16(24)19-8-7-13(10-17)21-18/h3-6,10,14,17,23H,7-9,11,18H2,1-2H3,(H2,19,20,24)/t14-/m0/s1. The van der Waals surface area contributed by atoms with E-state index in [1.54, 1.807) is 12.1 Å². The summed E-state index contributed by atoms with van der Waals surface area (Å²) in [5.74, 6) is 5.34. The Labute approximate surface area is 142 Å². The van der Waals surface area contributed by atoms with E-state index >= 15 is 0 Å². The third-order valence-electron chi connectivity index (χ3n) is 3.64. The molecule has 1 aromatic rings. The number of carbonyl (C=O) groups excluding carboxylic acids is 1. The van der Waals surface area contributed by atoms with Crippen molar-refractivity contribution in [3.63, 3.8) is 0 Å². The molecule has 0 spiro atoms. The number of likely N-dealkylation sites (N-methyl/N-ethyl adjacent to an activating group) is 1. The van der Waals surface area contributed by atoms with Crippen LogP contribution < -0.4 is 16.5 Å². The molecule has 0 aromatic heterocycles. The van der Waals surface area contributed by atoms with E-state index in [1.807, 2.05) is 31.1 Å². The number of benzene rings is 1. The molecule has 132 valence electrons. The maximum Gasteiger partial charge on any atom is 0.314 e. The molecule has 8 heteroatoms. The first-order valence-corrected chi connectivity index (χ1v) is 7.69. The molecule has 0 saturated carbocycles. The first-order chi connectivity index (χ1) is 11.5. The summed E-state index contributed by atoms with van der Waals surface area (Å²) in [7, 11) is 3.91. The SMILES string of the molecule is CN(C)[C@H](CNC(=O)NCCC(C=N)=NN)Cc1ccc(O)cc1. The molecule has 0 aliphatic carbocycles. The number of hydrogen-bond donors (Lipinski definition) is 5. The maximum absolute atomic E-state index is 11.8. The highest BCUT2D eigenvalue weighted by Gasteiger charge is 2.13. The number of carbonyl (C=O) groups is 1. The van der Waals surface area contributed by atoms with Gasteiger partial charge in [0.2, 0.25) is 0 Å². The highest BCUT2D eigenvalue weighted by atomic mass is 16.3. The van der Waals surface area contributed by atoms with Crippen LogP contribution >= 0.6 is 0 Å². The summed E-state index contributed by atoms with van der Waals surface area (Å²) in [4.78, 5) is 13.9. The van der Waals surface area contributed by atoms with Crippen molar-refractivity contribution in [1.29, 1.82) is 5.41 Å². The molecule has 0 unspecified atom stereocenters. The lowest BCUT2D eigenvalue weighted by atomic mass is 10.1. The van der Waals surface area contributed by atoms with Crippen LogP contribution in [0.2, 0.25) is 0 Å². The number of aromatic hydroxyl groups is 1. The van der Waals surface area contributed by atoms with Gasteiger partial charge in [-0.3, -0.25) is 0 Å². The van der Waals surface area contributed by atoms with E-state index in [1.165, 1.54) is 0 Å². The quantitative estimate of drug-likeness (QED) is 0.256. The van der Waals surface area contributed by atoms with E-state index in [0.717, 1.165) is 18.2 Å². The highest BCUT2D eigenvalue weighted by molar-refractivity contribution is 6.29. The molecule has 0 radical (unpaired) electrons. The topological polar surface area (TPSA) is 127 Å². The van der Waals surface area contributed by atoms with Crippen LogP contribution in [0.4, 0.5) is 4.79 Å². The number of phenolic OH excluding ortho intramolecular Hbond substituents is 1. The third-order valence-corrected chi connectivity index (χ3v) is 3.64. The Hall–Kier alpha value is -2.61. The van der Waals surface area contributed by atoms with Crippen molar-refractivity contribution < 1.29 is 9.90 Å². The molecule has 2 amide bonds. The molecular formula is C16H26N6O2.